The SMILES string of the molecule is CC(=O)O.NCc1nnc(SCCC2CCOC2)n1-c1cccc(C(F)(F)F)c1. The summed E-state index contributed by atoms with van der Waals surface area (Å²) in [5.74, 6) is 0.938. The Labute approximate surface area is 170 Å². The van der Waals surface area contributed by atoms with E-state index in [-0.39, 0.29) is 6.54 Å². The van der Waals surface area contributed by atoms with Gasteiger partial charge in [-0.2, -0.15) is 13.2 Å². The lowest BCUT2D eigenvalue weighted by molar-refractivity contribution is -0.137. The second kappa shape index (κ2) is 10.6. The highest BCUT2D eigenvalue weighted by atomic mass is 32.2. The van der Waals surface area contributed by atoms with E-state index >= 15 is 0 Å². The molecule has 7 nitrogen and oxygen atoms in total. The fraction of sp³-hybridized carbons (Fsp3) is 0.500. The van der Waals surface area contributed by atoms with Crippen molar-refractivity contribution in [2.45, 2.75) is 37.6 Å². The van der Waals surface area contributed by atoms with E-state index in [2.05, 4.69) is 10.2 Å². The number of hydrogen-bond acceptors (Lipinski definition) is 6. The van der Waals surface area contributed by atoms with Gasteiger partial charge < -0.3 is 15.6 Å². The van der Waals surface area contributed by atoms with E-state index in [0.717, 1.165) is 50.9 Å². The van der Waals surface area contributed by atoms with Crippen molar-refractivity contribution in [3.63, 3.8) is 0 Å². The molecular formula is C18H23F3N4O3S. The molecule has 1 atom stereocenters. The lowest BCUT2D eigenvalue weighted by atomic mass is 10.1. The number of carboxylic acid groups (broad SMARTS) is 1. The maximum Gasteiger partial charge on any atom is 0.416 e. The maximum atomic E-state index is 13.0. The van der Waals surface area contributed by atoms with Gasteiger partial charge in [-0.1, -0.05) is 17.8 Å². The van der Waals surface area contributed by atoms with Crippen molar-refractivity contribution >= 4 is 17.7 Å². The molecule has 1 aliphatic heterocycles. The van der Waals surface area contributed by atoms with Crippen LogP contribution in [0.4, 0.5) is 13.2 Å². The van der Waals surface area contributed by atoms with E-state index in [9.17, 15) is 13.2 Å². The number of rotatable bonds is 6. The van der Waals surface area contributed by atoms with Crippen LogP contribution in [0.15, 0.2) is 29.4 Å². The number of hydrogen-bond donors (Lipinski definition) is 2. The Morgan fingerprint density at radius 3 is 2.72 bits per heavy atom. The van der Waals surface area contributed by atoms with E-state index in [1.54, 1.807) is 10.6 Å². The molecule has 1 aromatic heterocycles. The zero-order valence-corrected chi connectivity index (χ0v) is 16.7. The first kappa shape index (κ1) is 23.2. The van der Waals surface area contributed by atoms with Crippen LogP contribution >= 0.6 is 11.8 Å². The van der Waals surface area contributed by atoms with Gasteiger partial charge in [0.2, 0.25) is 0 Å². The standard InChI is InChI=1S/C16H19F3N4OS.C2H4O2/c17-16(18,19)12-2-1-3-13(8-12)23-14(9-20)21-22-15(23)25-7-5-11-4-6-24-10-11;1-2(3)4/h1-3,8,11H,4-7,9-10,20H2;1H3,(H,3,4). The van der Waals surface area contributed by atoms with Crippen LogP contribution in [0, 0.1) is 5.92 Å². The minimum absolute atomic E-state index is 0.0975. The van der Waals surface area contributed by atoms with Crippen molar-refractivity contribution in [1.29, 1.82) is 0 Å². The molecule has 0 bridgehead atoms. The van der Waals surface area contributed by atoms with Gasteiger partial charge in [-0.3, -0.25) is 9.36 Å². The summed E-state index contributed by atoms with van der Waals surface area (Å²) >= 11 is 1.48. The lowest BCUT2D eigenvalue weighted by Crippen LogP contribution is -2.10. The average Bonchev–Trinajstić information content (AvgIpc) is 3.30. The van der Waals surface area contributed by atoms with Crippen LogP contribution in [-0.2, 0) is 22.3 Å². The van der Waals surface area contributed by atoms with Crippen LogP contribution in [0.2, 0.25) is 0 Å². The Balaban J connectivity index is 0.000000687. The highest BCUT2D eigenvalue weighted by Crippen LogP contribution is 2.32. The molecule has 3 rings (SSSR count). The molecule has 2 aromatic rings. The van der Waals surface area contributed by atoms with Gasteiger partial charge in [0.25, 0.3) is 5.97 Å². The predicted octanol–water partition coefficient (Wildman–Crippen LogP) is 3.35. The number of carbonyl (C=O) groups is 1. The van der Waals surface area contributed by atoms with E-state index in [1.807, 2.05) is 0 Å². The number of nitrogens with zero attached hydrogens (tertiary/aromatic N) is 3. The average molecular weight is 432 g/mol. The number of aromatic nitrogens is 3. The van der Waals surface area contributed by atoms with Crippen molar-refractivity contribution in [2.24, 2.45) is 11.7 Å². The molecule has 0 spiro atoms. The molecule has 1 unspecified atom stereocenters. The Morgan fingerprint density at radius 1 is 1.41 bits per heavy atom. The molecule has 3 N–H and O–H groups in total. The zero-order chi connectivity index (χ0) is 21.4. The first-order valence-corrected chi connectivity index (χ1v) is 9.93. The number of nitrogens with two attached hydrogens (primary N) is 1. The van der Waals surface area contributed by atoms with Crippen LogP contribution in [0.5, 0.6) is 0 Å². The highest BCUT2D eigenvalue weighted by Gasteiger charge is 2.31. The van der Waals surface area contributed by atoms with E-state index in [0.29, 0.717) is 22.6 Å². The summed E-state index contributed by atoms with van der Waals surface area (Å²) in [5, 5.41) is 16.1. The van der Waals surface area contributed by atoms with Gasteiger partial charge in [0.05, 0.1) is 17.8 Å². The van der Waals surface area contributed by atoms with Crippen molar-refractivity contribution in [3.05, 3.63) is 35.7 Å². The number of aliphatic carboxylic acids is 1. The van der Waals surface area contributed by atoms with Crippen molar-refractivity contribution in [3.8, 4) is 5.69 Å². The molecule has 2 heterocycles. The van der Waals surface area contributed by atoms with Crippen LogP contribution in [-0.4, -0.2) is 44.8 Å². The van der Waals surface area contributed by atoms with Crippen LogP contribution in [0.25, 0.3) is 5.69 Å². The fourth-order valence-corrected chi connectivity index (χ4v) is 3.81. The summed E-state index contributed by atoms with van der Waals surface area (Å²) < 4.78 is 45.9. The molecule has 11 heteroatoms. The molecule has 1 aromatic carbocycles. The van der Waals surface area contributed by atoms with Crippen LogP contribution in [0.3, 0.4) is 0 Å². The van der Waals surface area contributed by atoms with Gasteiger partial charge in [-0.15, -0.1) is 10.2 Å². The van der Waals surface area contributed by atoms with E-state index < -0.39 is 17.7 Å². The summed E-state index contributed by atoms with van der Waals surface area (Å²) in [7, 11) is 0. The first-order valence-electron chi connectivity index (χ1n) is 8.94. The summed E-state index contributed by atoms with van der Waals surface area (Å²) in [4.78, 5) is 9.00. The molecule has 29 heavy (non-hydrogen) atoms. The van der Waals surface area contributed by atoms with Gasteiger partial charge in [0.1, 0.15) is 0 Å². The van der Waals surface area contributed by atoms with Crippen LogP contribution in [0.1, 0.15) is 31.2 Å². The minimum atomic E-state index is -4.40. The Kier molecular flexibility index (Phi) is 8.47. The lowest BCUT2D eigenvalue weighted by Gasteiger charge is -2.13. The largest absolute Gasteiger partial charge is 0.481 e. The van der Waals surface area contributed by atoms with Gasteiger partial charge >= 0.3 is 6.18 Å². The van der Waals surface area contributed by atoms with Gasteiger partial charge in [0.15, 0.2) is 11.0 Å². The predicted molar refractivity (Wildman–Crippen MR) is 102 cm³/mol. The van der Waals surface area contributed by atoms with Crippen molar-refractivity contribution < 1.29 is 27.8 Å². The number of alkyl halides is 3. The molecule has 0 saturated carbocycles. The third-order valence-electron chi connectivity index (χ3n) is 4.10. The quantitative estimate of drug-likeness (QED) is 0.675. The molecular weight excluding hydrogens is 409 g/mol. The monoisotopic (exact) mass is 432 g/mol. The normalized spacial score (nSPS) is 16.4. The third kappa shape index (κ3) is 7.02. The van der Waals surface area contributed by atoms with Crippen LogP contribution < -0.4 is 5.73 Å². The van der Waals surface area contributed by atoms with Crippen molar-refractivity contribution in [1.82, 2.24) is 14.8 Å². The molecule has 0 amide bonds. The maximum absolute atomic E-state index is 13.0. The number of halogens is 3. The molecule has 0 aliphatic carbocycles. The Morgan fingerprint density at radius 2 is 2.14 bits per heavy atom. The summed E-state index contributed by atoms with van der Waals surface area (Å²) in [6.45, 7) is 2.75. The van der Waals surface area contributed by atoms with E-state index in [1.165, 1.54) is 17.8 Å². The minimum Gasteiger partial charge on any atom is -0.481 e. The summed E-state index contributed by atoms with van der Waals surface area (Å²) in [6.07, 6.45) is -2.38. The molecule has 1 aliphatic rings. The third-order valence-corrected chi connectivity index (χ3v) is 5.06. The number of benzene rings is 1. The molecule has 160 valence electrons. The number of carboxylic acids is 1. The Hall–Kier alpha value is -2.11. The molecule has 1 fully saturated rings. The summed E-state index contributed by atoms with van der Waals surface area (Å²) in [6, 6.07) is 5.12. The molecule has 0 radical (unpaired) electrons. The van der Waals surface area contributed by atoms with Gasteiger partial charge in [0, 0.05) is 25.9 Å². The zero-order valence-electron chi connectivity index (χ0n) is 15.9. The Bertz CT molecular complexity index is 804. The van der Waals surface area contributed by atoms with E-state index in [4.69, 9.17) is 20.4 Å². The van der Waals surface area contributed by atoms with Gasteiger partial charge in [-0.25, -0.2) is 0 Å². The smallest absolute Gasteiger partial charge is 0.416 e. The highest BCUT2D eigenvalue weighted by molar-refractivity contribution is 7.99. The van der Waals surface area contributed by atoms with Crippen molar-refractivity contribution in [2.75, 3.05) is 19.0 Å². The topological polar surface area (TPSA) is 103 Å². The number of ether oxygens (including phenoxy) is 1. The second-order valence-corrected chi connectivity index (χ2v) is 7.43. The number of thioether (sulfide) groups is 1. The first-order chi connectivity index (χ1) is 13.7. The second-order valence-electron chi connectivity index (χ2n) is 6.37. The molecule has 1 saturated heterocycles. The van der Waals surface area contributed by atoms with Gasteiger partial charge in [-0.05, 0) is 37.0 Å². The summed E-state index contributed by atoms with van der Waals surface area (Å²) in [5.41, 5.74) is 5.34. The fourth-order valence-electron chi connectivity index (χ4n) is 2.73.